The first-order chi connectivity index (χ1) is 12.4. The van der Waals surface area contributed by atoms with Crippen LogP contribution in [0.2, 0.25) is 0 Å². The highest BCUT2D eigenvalue weighted by molar-refractivity contribution is 7.19. The number of rotatable bonds is 4. The molecule has 0 aliphatic heterocycles. The number of hydrogen-bond acceptors (Lipinski definition) is 5. The molecule has 0 saturated carbocycles. The molecule has 3 aromatic heterocycles. The van der Waals surface area contributed by atoms with Gasteiger partial charge in [0, 0.05) is 7.05 Å². The minimum Gasteiger partial charge on any atom is -0.264 e. The Bertz CT molecular complexity index is 1090. The summed E-state index contributed by atoms with van der Waals surface area (Å²) in [5.74, 6) is -0.820. The first kappa shape index (κ1) is 16.8. The van der Waals surface area contributed by atoms with E-state index in [1.54, 1.807) is 9.20 Å². The maximum absolute atomic E-state index is 14.1. The summed E-state index contributed by atoms with van der Waals surface area (Å²) in [4.78, 5) is 0.505. The zero-order valence-electron chi connectivity index (χ0n) is 14.4. The van der Waals surface area contributed by atoms with E-state index in [9.17, 15) is 8.78 Å². The molecule has 134 valence electrons. The third-order valence-electron chi connectivity index (χ3n) is 3.95. The van der Waals surface area contributed by atoms with E-state index < -0.39 is 11.6 Å². The molecule has 0 amide bonds. The minimum atomic E-state index is -0.918. The summed E-state index contributed by atoms with van der Waals surface area (Å²) >= 11 is 1.15. The van der Waals surface area contributed by atoms with Gasteiger partial charge in [-0.2, -0.15) is 14.7 Å². The summed E-state index contributed by atoms with van der Waals surface area (Å²) in [6.07, 6.45) is 0.854. The molecule has 0 saturated heterocycles. The lowest BCUT2D eigenvalue weighted by molar-refractivity contribution is 0.511. The van der Waals surface area contributed by atoms with Gasteiger partial charge in [-0.15, -0.1) is 10.2 Å². The number of benzene rings is 1. The van der Waals surface area contributed by atoms with Crippen LogP contribution in [0.25, 0.3) is 27.1 Å². The first-order valence-electron chi connectivity index (χ1n) is 8.14. The average molecular weight is 374 g/mol. The van der Waals surface area contributed by atoms with Crippen molar-refractivity contribution in [3.63, 3.8) is 0 Å². The third-order valence-corrected chi connectivity index (χ3v) is 4.88. The minimum absolute atomic E-state index is 0.108. The van der Waals surface area contributed by atoms with Gasteiger partial charge in [0.15, 0.2) is 16.6 Å². The number of fused-ring (bicyclic) bond motifs is 1. The predicted octanol–water partition coefficient (Wildman–Crippen LogP) is 3.73. The standard InChI is InChI=1S/C17H16F2N6S/c1-9(2)7-10-8-13(24(3)22-10)15-20-21-17-25(15)23-16(26-17)11-5-4-6-12(18)14(11)19/h4-6,8-9H,7H2,1-3H3. The molecule has 0 fully saturated rings. The zero-order valence-corrected chi connectivity index (χ0v) is 15.3. The van der Waals surface area contributed by atoms with Crippen LogP contribution in [0.3, 0.4) is 0 Å². The van der Waals surface area contributed by atoms with Crippen molar-refractivity contribution in [1.29, 1.82) is 0 Å². The summed E-state index contributed by atoms with van der Waals surface area (Å²) in [5.41, 5.74) is 1.84. The fourth-order valence-corrected chi connectivity index (χ4v) is 3.67. The normalized spacial score (nSPS) is 11.8. The topological polar surface area (TPSA) is 60.9 Å². The Hall–Kier alpha value is -2.68. The predicted molar refractivity (Wildman–Crippen MR) is 94.8 cm³/mol. The van der Waals surface area contributed by atoms with Crippen molar-refractivity contribution in [3.05, 3.63) is 41.6 Å². The van der Waals surface area contributed by atoms with Gasteiger partial charge in [0.2, 0.25) is 10.8 Å². The second-order valence-electron chi connectivity index (χ2n) is 6.47. The molecule has 0 spiro atoms. The van der Waals surface area contributed by atoms with Gasteiger partial charge in [0.05, 0.1) is 11.3 Å². The maximum Gasteiger partial charge on any atom is 0.235 e. The molecule has 1 aromatic carbocycles. The molecule has 3 heterocycles. The second-order valence-corrected chi connectivity index (χ2v) is 7.43. The van der Waals surface area contributed by atoms with Crippen LogP contribution in [0.15, 0.2) is 24.3 Å². The van der Waals surface area contributed by atoms with Crippen LogP contribution >= 0.6 is 11.3 Å². The van der Waals surface area contributed by atoms with Crippen LogP contribution in [0.5, 0.6) is 0 Å². The van der Waals surface area contributed by atoms with Crippen LogP contribution in [-0.2, 0) is 13.5 Å². The molecule has 0 unspecified atom stereocenters. The highest BCUT2D eigenvalue weighted by atomic mass is 32.1. The molecule has 9 heteroatoms. The van der Waals surface area contributed by atoms with Crippen LogP contribution in [0, 0.1) is 17.6 Å². The molecule has 6 nitrogen and oxygen atoms in total. The van der Waals surface area contributed by atoms with Crippen LogP contribution in [-0.4, -0.2) is 29.6 Å². The lowest BCUT2D eigenvalue weighted by atomic mass is 10.1. The van der Waals surface area contributed by atoms with Gasteiger partial charge in [-0.1, -0.05) is 31.3 Å². The molecular formula is C17H16F2N6S. The van der Waals surface area contributed by atoms with Crippen LogP contribution in [0.1, 0.15) is 19.5 Å². The van der Waals surface area contributed by atoms with E-state index in [1.165, 1.54) is 12.1 Å². The Morgan fingerprint density at radius 3 is 2.73 bits per heavy atom. The molecule has 26 heavy (non-hydrogen) atoms. The highest BCUT2D eigenvalue weighted by Crippen LogP contribution is 2.30. The van der Waals surface area contributed by atoms with E-state index in [4.69, 9.17) is 0 Å². The summed E-state index contributed by atoms with van der Waals surface area (Å²) in [6.45, 7) is 4.26. The van der Waals surface area contributed by atoms with Gasteiger partial charge in [0.25, 0.3) is 0 Å². The SMILES string of the molecule is CC(C)Cc1cc(-c2nnc3sc(-c4cccc(F)c4F)nn23)n(C)n1. The van der Waals surface area contributed by atoms with Crippen molar-refractivity contribution in [2.24, 2.45) is 13.0 Å². The van der Waals surface area contributed by atoms with Crippen molar-refractivity contribution in [2.45, 2.75) is 20.3 Å². The smallest absolute Gasteiger partial charge is 0.235 e. The fraction of sp³-hybridized carbons (Fsp3) is 0.294. The van der Waals surface area contributed by atoms with Gasteiger partial charge in [-0.05, 0) is 30.5 Å². The number of aromatic nitrogens is 6. The number of aryl methyl sites for hydroxylation is 1. The van der Waals surface area contributed by atoms with Crippen molar-refractivity contribution >= 4 is 16.3 Å². The molecule has 0 N–H and O–H groups in total. The molecule has 4 aromatic rings. The molecule has 0 atom stereocenters. The summed E-state index contributed by atoms with van der Waals surface area (Å²) in [5, 5.41) is 17.5. The summed E-state index contributed by atoms with van der Waals surface area (Å²) < 4.78 is 30.8. The Morgan fingerprint density at radius 1 is 1.15 bits per heavy atom. The van der Waals surface area contributed by atoms with Gasteiger partial charge >= 0.3 is 0 Å². The zero-order chi connectivity index (χ0) is 18.4. The number of nitrogens with zero attached hydrogens (tertiary/aromatic N) is 6. The molecular weight excluding hydrogens is 358 g/mol. The summed E-state index contributed by atoms with van der Waals surface area (Å²) in [7, 11) is 1.83. The van der Waals surface area contributed by atoms with Gasteiger partial charge < -0.3 is 0 Å². The molecule has 0 aliphatic carbocycles. The van der Waals surface area contributed by atoms with Crippen molar-refractivity contribution < 1.29 is 8.78 Å². The Labute approximate surface area is 152 Å². The largest absolute Gasteiger partial charge is 0.264 e. The molecule has 0 bridgehead atoms. The van der Waals surface area contributed by atoms with E-state index in [0.29, 0.717) is 21.7 Å². The van der Waals surface area contributed by atoms with Crippen molar-refractivity contribution in [1.82, 2.24) is 29.6 Å². The van der Waals surface area contributed by atoms with E-state index >= 15 is 0 Å². The fourth-order valence-electron chi connectivity index (χ4n) is 2.81. The molecule has 4 rings (SSSR count). The second kappa shape index (κ2) is 6.24. The lowest BCUT2D eigenvalue weighted by Gasteiger charge is -1.99. The van der Waals surface area contributed by atoms with E-state index in [1.807, 2.05) is 13.1 Å². The number of halogens is 2. The Kier molecular flexibility index (Phi) is 4.03. The number of hydrogen-bond donors (Lipinski definition) is 0. The Morgan fingerprint density at radius 2 is 1.96 bits per heavy atom. The Balaban J connectivity index is 1.80. The third kappa shape index (κ3) is 2.78. The summed E-state index contributed by atoms with van der Waals surface area (Å²) in [6, 6.07) is 5.99. The van der Waals surface area contributed by atoms with Gasteiger partial charge in [-0.25, -0.2) is 8.78 Å². The van der Waals surface area contributed by atoms with Crippen molar-refractivity contribution in [3.8, 4) is 22.1 Å². The monoisotopic (exact) mass is 374 g/mol. The van der Waals surface area contributed by atoms with Gasteiger partial charge in [-0.3, -0.25) is 4.68 Å². The lowest BCUT2D eigenvalue weighted by Crippen LogP contribution is -1.99. The molecule has 0 aliphatic rings. The molecule has 0 radical (unpaired) electrons. The van der Waals surface area contributed by atoms with Crippen molar-refractivity contribution in [2.75, 3.05) is 0 Å². The maximum atomic E-state index is 14.1. The van der Waals surface area contributed by atoms with E-state index in [2.05, 4.69) is 34.2 Å². The first-order valence-corrected chi connectivity index (χ1v) is 8.95. The quantitative estimate of drug-likeness (QED) is 0.546. The van der Waals surface area contributed by atoms with Crippen LogP contribution in [0.4, 0.5) is 8.78 Å². The van der Waals surface area contributed by atoms with Crippen LogP contribution < -0.4 is 0 Å². The average Bonchev–Trinajstić information content (AvgIpc) is 3.23. The highest BCUT2D eigenvalue weighted by Gasteiger charge is 2.20. The van der Waals surface area contributed by atoms with Gasteiger partial charge in [0.1, 0.15) is 5.69 Å². The van der Waals surface area contributed by atoms with E-state index in [-0.39, 0.29) is 5.56 Å². The van der Waals surface area contributed by atoms with E-state index in [0.717, 1.165) is 35.2 Å².